The van der Waals surface area contributed by atoms with Gasteiger partial charge in [-0.25, -0.2) is 4.79 Å². The minimum atomic E-state index is -0.360. The van der Waals surface area contributed by atoms with Crippen molar-refractivity contribution in [2.75, 3.05) is 7.11 Å². The fourth-order valence-corrected chi connectivity index (χ4v) is 1.69. The maximum absolute atomic E-state index is 11.6. The summed E-state index contributed by atoms with van der Waals surface area (Å²) in [7, 11) is 1.37. The normalized spacial score (nSPS) is 10.2. The Kier molecular flexibility index (Phi) is 3.23. The molecule has 0 unspecified atom stereocenters. The molecule has 0 saturated carbocycles. The van der Waals surface area contributed by atoms with Gasteiger partial charge < -0.3 is 4.74 Å². The van der Waals surface area contributed by atoms with E-state index in [1.807, 2.05) is 37.3 Å². The van der Waals surface area contributed by atoms with Crippen LogP contribution in [0.4, 0.5) is 0 Å². The van der Waals surface area contributed by atoms with E-state index in [9.17, 15) is 4.79 Å². The van der Waals surface area contributed by atoms with Crippen molar-refractivity contribution in [2.24, 2.45) is 0 Å². The summed E-state index contributed by atoms with van der Waals surface area (Å²) in [5.41, 5.74) is 2.39. The number of nitrogens with zero attached hydrogens (tertiary/aromatic N) is 2. The standard InChI is InChI=1S/C13H14N2O2/c1-10-8-12(13(16)17-2)15(14-10)9-11-6-4-3-5-7-11/h3-8H,9H2,1-2H3. The van der Waals surface area contributed by atoms with Gasteiger partial charge in [-0.1, -0.05) is 30.3 Å². The lowest BCUT2D eigenvalue weighted by Gasteiger charge is -2.05. The summed E-state index contributed by atoms with van der Waals surface area (Å²) in [6.45, 7) is 2.42. The zero-order valence-electron chi connectivity index (χ0n) is 9.88. The number of rotatable bonds is 3. The van der Waals surface area contributed by atoms with Gasteiger partial charge in [0.2, 0.25) is 0 Å². The van der Waals surface area contributed by atoms with Crippen molar-refractivity contribution in [3.63, 3.8) is 0 Å². The molecule has 0 atom stereocenters. The summed E-state index contributed by atoms with van der Waals surface area (Å²) in [4.78, 5) is 11.6. The largest absolute Gasteiger partial charge is 0.464 e. The highest BCUT2D eigenvalue weighted by molar-refractivity contribution is 5.87. The Bertz CT molecular complexity index is 517. The molecule has 0 bridgehead atoms. The first kappa shape index (κ1) is 11.4. The molecule has 4 nitrogen and oxygen atoms in total. The van der Waals surface area contributed by atoms with Crippen LogP contribution in [0.3, 0.4) is 0 Å². The van der Waals surface area contributed by atoms with Gasteiger partial charge in [0.1, 0.15) is 5.69 Å². The molecule has 0 radical (unpaired) electrons. The minimum Gasteiger partial charge on any atom is -0.464 e. The average Bonchev–Trinajstić information content (AvgIpc) is 2.70. The molecular weight excluding hydrogens is 216 g/mol. The topological polar surface area (TPSA) is 44.1 Å². The van der Waals surface area contributed by atoms with Gasteiger partial charge in [-0.15, -0.1) is 0 Å². The van der Waals surface area contributed by atoms with Gasteiger partial charge in [-0.2, -0.15) is 5.10 Å². The molecule has 0 fully saturated rings. The molecule has 1 aromatic heterocycles. The molecule has 0 saturated heterocycles. The van der Waals surface area contributed by atoms with Crippen LogP contribution in [0.2, 0.25) is 0 Å². The second-order valence-electron chi connectivity index (χ2n) is 3.81. The highest BCUT2D eigenvalue weighted by atomic mass is 16.5. The molecule has 0 aliphatic heterocycles. The van der Waals surface area contributed by atoms with Crippen molar-refractivity contribution in [3.05, 3.63) is 53.3 Å². The molecule has 4 heteroatoms. The van der Waals surface area contributed by atoms with E-state index in [2.05, 4.69) is 5.10 Å². The Morgan fingerprint density at radius 2 is 2.06 bits per heavy atom. The molecule has 2 aromatic rings. The van der Waals surface area contributed by atoms with E-state index in [-0.39, 0.29) is 5.97 Å². The maximum Gasteiger partial charge on any atom is 0.356 e. The van der Waals surface area contributed by atoms with Crippen molar-refractivity contribution in [3.8, 4) is 0 Å². The second kappa shape index (κ2) is 4.82. The van der Waals surface area contributed by atoms with Crippen molar-refractivity contribution < 1.29 is 9.53 Å². The number of ether oxygens (including phenoxy) is 1. The first-order valence-corrected chi connectivity index (χ1v) is 5.37. The molecule has 0 N–H and O–H groups in total. The monoisotopic (exact) mass is 230 g/mol. The van der Waals surface area contributed by atoms with Crippen LogP contribution in [0.1, 0.15) is 21.7 Å². The number of carbonyl (C=O) groups excluding carboxylic acids is 1. The summed E-state index contributed by atoms with van der Waals surface area (Å²) in [6.07, 6.45) is 0. The summed E-state index contributed by atoms with van der Waals surface area (Å²) < 4.78 is 6.39. The van der Waals surface area contributed by atoms with Crippen LogP contribution in [0.25, 0.3) is 0 Å². The van der Waals surface area contributed by atoms with E-state index in [0.29, 0.717) is 12.2 Å². The highest BCUT2D eigenvalue weighted by Crippen LogP contribution is 2.09. The fourth-order valence-electron chi connectivity index (χ4n) is 1.69. The number of benzene rings is 1. The predicted molar refractivity (Wildman–Crippen MR) is 63.8 cm³/mol. The quantitative estimate of drug-likeness (QED) is 0.758. The van der Waals surface area contributed by atoms with Gasteiger partial charge in [0, 0.05) is 0 Å². The zero-order valence-corrected chi connectivity index (χ0v) is 9.88. The van der Waals surface area contributed by atoms with Crippen LogP contribution in [0.5, 0.6) is 0 Å². The Balaban J connectivity index is 2.30. The average molecular weight is 230 g/mol. The van der Waals surface area contributed by atoms with E-state index in [1.54, 1.807) is 10.7 Å². The van der Waals surface area contributed by atoms with Crippen molar-refractivity contribution in [2.45, 2.75) is 13.5 Å². The van der Waals surface area contributed by atoms with Crippen LogP contribution in [0, 0.1) is 6.92 Å². The lowest BCUT2D eigenvalue weighted by Crippen LogP contribution is -2.12. The minimum absolute atomic E-state index is 0.360. The van der Waals surface area contributed by atoms with E-state index >= 15 is 0 Å². The molecule has 88 valence electrons. The number of esters is 1. The van der Waals surface area contributed by atoms with Gasteiger partial charge in [0.25, 0.3) is 0 Å². The molecule has 0 aliphatic carbocycles. The lowest BCUT2D eigenvalue weighted by molar-refractivity contribution is 0.0587. The van der Waals surface area contributed by atoms with Crippen molar-refractivity contribution in [1.29, 1.82) is 0 Å². The summed E-state index contributed by atoms with van der Waals surface area (Å²) in [5.74, 6) is -0.360. The Labute approximate surface area is 99.8 Å². The second-order valence-corrected chi connectivity index (χ2v) is 3.81. The number of hydrogen-bond donors (Lipinski definition) is 0. The Morgan fingerprint density at radius 3 is 2.71 bits per heavy atom. The number of carbonyl (C=O) groups is 1. The van der Waals surface area contributed by atoms with Crippen molar-refractivity contribution in [1.82, 2.24) is 9.78 Å². The van der Waals surface area contributed by atoms with Crippen LogP contribution in [-0.4, -0.2) is 22.9 Å². The number of aromatic nitrogens is 2. The molecule has 0 amide bonds. The summed E-state index contributed by atoms with van der Waals surface area (Å²) in [5, 5.41) is 4.29. The van der Waals surface area contributed by atoms with Gasteiger partial charge in [0.15, 0.2) is 0 Å². The van der Waals surface area contributed by atoms with E-state index < -0.39 is 0 Å². The number of hydrogen-bond acceptors (Lipinski definition) is 3. The van der Waals surface area contributed by atoms with Gasteiger partial charge in [-0.05, 0) is 18.6 Å². The maximum atomic E-state index is 11.6. The predicted octanol–water partition coefficient (Wildman–Crippen LogP) is 2.03. The SMILES string of the molecule is COC(=O)c1cc(C)nn1Cc1ccccc1. The van der Waals surface area contributed by atoms with E-state index in [4.69, 9.17) is 4.74 Å². The Hall–Kier alpha value is -2.10. The summed E-state index contributed by atoms with van der Waals surface area (Å²) in [6, 6.07) is 11.6. The first-order valence-electron chi connectivity index (χ1n) is 5.37. The third-order valence-electron chi connectivity index (χ3n) is 2.47. The Morgan fingerprint density at radius 1 is 1.35 bits per heavy atom. The lowest BCUT2D eigenvalue weighted by atomic mass is 10.2. The highest BCUT2D eigenvalue weighted by Gasteiger charge is 2.14. The van der Waals surface area contributed by atoms with Crippen molar-refractivity contribution >= 4 is 5.97 Å². The van der Waals surface area contributed by atoms with E-state index in [1.165, 1.54) is 7.11 Å². The summed E-state index contributed by atoms with van der Waals surface area (Å²) >= 11 is 0. The van der Waals surface area contributed by atoms with Gasteiger partial charge >= 0.3 is 5.97 Å². The molecular formula is C13H14N2O2. The molecule has 1 aromatic carbocycles. The zero-order chi connectivity index (χ0) is 12.3. The van der Waals surface area contributed by atoms with Crippen LogP contribution >= 0.6 is 0 Å². The first-order chi connectivity index (χ1) is 8.20. The van der Waals surface area contributed by atoms with Gasteiger partial charge in [0.05, 0.1) is 19.3 Å². The smallest absolute Gasteiger partial charge is 0.356 e. The molecule has 0 aliphatic rings. The van der Waals surface area contributed by atoms with E-state index in [0.717, 1.165) is 11.3 Å². The number of methoxy groups -OCH3 is 1. The third-order valence-corrected chi connectivity index (χ3v) is 2.47. The van der Waals surface area contributed by atoms with Crippen LogP contribution in [0.15, 0.2) is 36.4 Å². The molecule has 2 rings (SSSR count). The van der Waals surface area contributed by atoms with Crippen LogP contribution < -0.4 is 0 Å². The fraction of sp³-hybridized carbons (Fsp3) is 0.231. The third kappa shape index (κ3) is 2.53. The number of aryl methyl sites for hydroxylation is 1. The molecule has 1 heterocycles. The van der Waals surface area contributed by atoms with Crippen LogP contribution in [-0.2, 0) is 11.3 Å². The molecule has 0 spiro atoms. The van der Waals surface area contributed by atoms with Gasteiger partial charge in [-0.3, -0.25) is 4.68 Å². The molecule has 17 heavy (non-hydrogen) atoms.